The van der Waals surface area contributed by atoms with E-state index >= 15 is 0 Å². The first-order valence-electron chi connectivity index (χ1n) is 8.37. The van der Waals surface area contributed by atoms with Gasteiger partial charge in [-0.25, -0.2) is 4.79 Å². The lowest BCUT2D eigenvalue weighted by molar-refractivity contribution is 0.0378. The first kappa shape index (κ1) is 18.7. The van der Waals surface area contributed by atoms with Gasteiger partial charge in [-0.1, -0.05) is 30.3 Å². The molecule has 24 heavy (non-hydrogen) atoms. The van der Waals surface area contributed by atoms with Crippen LogP contribution in [0.1, 0.15) is 5.56 Å². The van der Waals surface area contributed by atoms with E-state index in [4.69, 9.17) is 9.84 Å². The highest BCUT2D eigenvalue weighted by atomic mass is 16.5. The van der Waals surface area contributed by atoms with Gasteiger partial charge < -0.3 is 25.6 Å². The Labute approximate surface area is 142 Å². The molecule has 134 valence electrons. The Kier molecular flexibility index (Phi) is 7.97. The minimum absolute atomic E-state index is 0.349. The molecule has 1 saturated heterocycles. The van der Waals surface area contributed by atoms with E-state index in [-0.39, 0.29) is 0 Å². The third kappa shape index (κ3) is 6.84. The van der Waals surface area contributed by atoms with Crippen LogP contribution < -0.4 is 10.6 Å². The number of aliphatic hydroxyl groups excluding tert-OH is 1. The molecule has 7 heteroatoms. The predicted octanol–water partition coefficient (Wildman–Crippen LogP) is 0.148. The molecule has 1 heterocycles. The van der Waals surface area contributed by atoms with Gasteiger partial charge in [0, 0.05) is 32.7 Å². The highest BCUT2D eigenvalue weighted by Gasteiger charge is 2.21. The maximum atomic E-state index is 11.0. The molecule has 2 rings (SSSR count). The molecule has 0 bridgehead atoms. The molecular weight excluding hydrogens is 310 g/mol. The van der Waals surface area contributed by atoms with Gasteiger partial charge in [-0.15, -0.1) is 0 Å². The number of rotatable bonds is 9. The molecule has 1 fully saturated rings. The van der Waals surface area contributed by atoms with Crippen molar-refractivity contribution in [2.75, 3.05) is 45.9 Å². The van der Waals surface area contributed by atoms with Crippen LogP contribution in [0.2, 0.25) is 0 Å². The fourth-order valence-corrected chi connectivity index (χ4v) is 2.76. The van der Waals surface area contributed by atoms with E-state index in [1.54, 1.807) is 0 Å². The molecule has 1 aliphatic rings. The fourth-order valence-electron chi connectivity index (χ4n) is 2.76. The molecule has 4 N–H and O–H groups in total. The molecule has 0 unspecified atom stereocenters. The second kappa shape index (κ2) is 10.2. The summed E-state index contributed by atoms with van der Waals surface area (Å²) in [7, 11) is 0. The highest BCUT2D eigenvalue weighted by Crippen LogP contribution is 2.06. The van der Waals surface area contributed by atoms with Crippen LogP contribution in [-0.2, 0) is 11.2 Å². The first-order valence-corrected chi connectivity index (χ1v) is 8.37. The van der Waals surface area contributed by atoms with Gasteiger partial charge in [-0.3, -0.25) is 4.90 Å². The van der Waals surface area contributed by atoms with Crippen LogP contribution >= 0.6 is 0 Å². The average Bonchev–Trinajstić information content (AvgIpc) is 2.59. The largest absolute Gasteiger partial charge is 0.465 e. The van der Waals surface area contributed by atoms with Gasteiger partial charge in [0.15, 0.2) is 0 Å². The van der Waals surface area contributed by atoms with Crippen LogP contribution in [0.5, 0.6) is 0 Å². The minimum atomic E-state index is -1.12. The second-order valence-corrected chi connectivity index (χ2v) is 5.97. The van der Waals surface area contributed by atoms with Crippen molar-refractivity contribution in [3.05, 3.63) is 35.9 Å². The molecule has 1 amide bonds. The van der Waals surface area contributed by atoms with E-state index in [1.165, 1.54) is 0 Å². The van der Waals surface area contributed by atoms with Crippen LogP contribution in [0.3, 0.4) is 0 Å². The Morgan fingerprint density at radius 3 is 2.62 bits per heavy atom. The smallest absolute Gasteiger partial charge is 0.404 e. The van der Waals surface area contributed by atoms with Gasteiger partial charge in [0.25, 0.3) is 0 Å². The molecule has 7 nitrogen and oxygen atoms in total. The van der Waals surface area contributed by atoms with Crippen LogP contribution in [-0.4, -0.2) is 79.3 Å². The predicted molar refractivity (Wildman–Crippen MR) is 91.2 cm³/mol. The van der Waals surface area contributed by atoms with Gasteiger partial charge in [0.05, 0.1) is 25.4 Å². The van der Waals surface area contributed by atoms with Crippen LogP contribution in [0, 0.1) is 0 Å². The molecule has 1 aromatic carbocycles. The lowest BCUT2D eigenvalue weighted by Gasteiger charge is -2.27. The summed E-state index contributed by atoms with van der Waals surface area (Å²) in [6.07, 6.45) is -1.45. The summed E-state index contributed by atoms with van der Waals surface area (Å²) in [5, 5.41) is 25.0. The van der Waals surface area contributed by atoms with Crippen molar-refractivity contribution in [2.24, 2.45) is 0 Å². The van der Waals surface area contributed by atoms with E-state index in [0.717, 1.165) is 45.0 Å². The minimum Gasteiger partial charge on any atom is -0.465 e. The molecule has 2 atom stereocenters. The van der Waals surface area contributed by atoms with Crippen molar-refractivity contribution in [1.29, 1.82) is 0 Å². The average molecular weight is 337 g/mol. The van der Waals surface area contributed by atoms with E-state index in [2.05, 4.69) is 15.5 Å². The molecule has 1 aliphatic heterocycles. The summed E-state index contributed by atoms with van der Waals surface area (Å²) in [5.74, 6) is 0. The zero-order valence-electron chi connectivity index (χ0n) is 13.9. The number of nitrogens with one attached hydrogen (secondary N) is 2. The summed E-state index contributed by atoms with van der Waals surface area (Å²) in [5.41, 5.74) is 0.989. The van der Waals surface area contributed by atoms with Crippen molar-refractivity contribution in [3.63, 3.8) is 0 Å². The number of hydrogen-bond donors (Lipinski definition) is 4. The fraction of sp³-hybridized carbons (Fsp3) is 0.588. The third-order valence-corrected chi connectivity index (χ3v) is 4.13. The molecular formula is C17H27N3O4. The van der Waals surface area contributed by atoms with E-state index in [1.807, 2.05) is 30.3 Å². The lowest BCUT2D eigenvalue weighted by atomic mass is 10.0. The Hall–Kier alpha value is -1.67. The highest BCUT2D eigenvalue weighted by molar-refractivity contribution is 5.65. The molecule has 0 radical (unpaired) electrons. The Morgan fingerprint density at radius 2 is 1.96 bits per heavy atom. The van der Waals surface area contributed by atoms with Crippen molar-refractivity contribution in [2.45, 2.75) is 18.6 Å². The van der Waals surface area contributed by atoms with E-state index in [0.29, 0.717) is 13.0 Å². The first-order chi connectivity index (χ1) is 11.6. The summed E-state index contributed by atoms with van der Waals surface area (Å²) in [4.78, 5) is 13.3. The standard InChI is InChI=1S/C17H27N3O4/c21-16(13-18-6-7-20-8-10-24-11-9-20)15(19-17(22)23)12-14-4-2-1-3-5-14/h1-5,15-16,18-19,21H,6-13H2,(H,22,23)/t15-,16-/m0/s1. The zero-order chi connectivity index (χ0) is 17.2. The van der Waals surface area contributed by atoms with Crippen LogP contribution in [0.4, 0.5) is 4.79 Å². The quantitative estimate of drug-likeness (QED) is 0.479. The topological polar surface area (TPSA) is 94.1 Å². The maximum absolute atomic E-state index is 11.0. The van der Waals surface area contributed by atoms with Crippen molar-refractivity contribution in [1.82, 2.24) is 15.5 Å². The third-order valence-electron chi connectivity index (χ3n) is 4.13. The number of ether oxygens (including phenoxy) is 1. The number of carbonyl (C=O) groups is 1. The lowest BCUT2D eigenvalue weighted by Crippen LogP contribution is -2.49. The SMILES string of the molecule is O=C(O)N[C@@H](Cc1ccccc1)[C@@H](O)CNCCN1CCOCC1. The van der Waals surface area contributed by atoms with Gasteiger partial charge >= 0.3 is 6.09 Å². The van der Waals surface area contributed by atoms with E-state index < -0.39 is 18.2 Å². The number of morpholine rings is 1. The van der Waals surface area contributed by atoms with Gasteiger partial charge in [0.1, 0.15) is 0 Å². The maximum Gasteiger partial charge on any atom is 0.404 e. The van der Waals surface area contributed by atoms with Crippen molar-refractivity contribution >= 4 is 6.09 Å². The Balaban J connectivity index is 1.74. The van der Waals surface area contributed by atoms with Gasteiger partial charge in [0.2, 0.25) is 0 Å². The number of carboxylic acid groups (broad SMARTS) is 1. The molecule has 0 saturated carbocycles. The van der Waals surface area contributed by atoms with Crippen LogP contribution in [0.15, 0.2) is 30.3 Å². The summed E-state index contributed by atoms with van der Waals surface area (Å²) in [6.45, 7) is 5.40. The van der Waals surface area contributed by atoms with Gasteiger partial charge in [-0.2, -0.15) is 0 Å². The zero-order valence-corrected chi connectivity index (χ0v) is 13.9. The van der Waals surface area contributed by atoms with Crippen LogP contribution in [0.25, 0.3) is 0 Å². The monoisotopic (exact) mass is 337 g/mol. The number of aliphatic hydroxyl groups is 1. The molecule has 0 aliphatic carbocycles. The molecule has 0 spiro atoms. The number of amides is 1. The molecule has 0 aromatic heterocycles. The van der Waals surface area contributed by atoms with Gasteiger partial charge in [-0.05, 0) is 12.0 Å². The summed E-state index contributed by atoms with van der Waals surface area (Å²) in [6, 6.07) is 9.03. The molecule has 1 aromatic rings. The summed E-state index contributed by atoms with van der Waals surface area (Å²) >= 11 is 0. The summed E-state index contributed by atoms with van der Waals surface area (Å²) < 4.78 is 5.30. The Bertz CT molecular complexity index is 480. The normalized spacial score (nSPS) is 18.0. The van der Waals surface area contributed by atoms with Crippen molar-refractivity contribution < 1.29 is 19.7 Å². The number of hydrogen-bond acceptors (Lipinski definition) is 5. The Morgan fingerprint density at radius 1 is 1.25 bits per heavy atom. The number of benzene rings is 1. The van der Waals surface area contributed by atoms with E-state index in [9.17, 15) is 9.90 Å². The second-order valence-electron chi connectivity index (χ2n) is 5.97. The van der Waals surface area contributed by atoms with Crippen molar-refractivity contribution in [3.8, 4) is 0 Å². The number of nitrogens with zero attached hydrogens (tertiary/aromatic N) is 1.